The molecule has 0 aromatic heterocycles. The molecule has 2 aromatic carbocycles. The van der Waals surface area contributed by atoms with Gasteiger partial charge in [-0.1, -0.05) is 18.2 Å². The monoisotopic (exact) mass is 438 g/mol. The second-order valence-electron chi connectivity index (χ2n) is 6.74. The van der Waals surface area contributed by atoms with Crippen molar-refractivity contribution in [1.29, 1.82) is 0 Å². The molecule has 0 radical (unpaired) electrons. The van der Waals surface area contributed by atoms with Gasteiger partial charge in [-0.2, -0.15) is 13.2 Å². The lowest BCUT2D eigenvalue weighted by Crippen LogP contribution is -2.24. The largest absolute Gasteiger partial charge is 0.416 e. The zero-order valence-electron chi connectivity index (χ0n) is 16.8. The van der Waals surface area contributed by atoms with E-state index in [0.717, 1.165) is 17.7 Å². The Morgan fingerprint density at radius 3 is 2.42 bits per heavy atom. The summed E-state index contributed by atoms with van der Waals surface area (Å²) in [7, 11) is 1.63. The Balaban J connectivity index is 2.01. The molecule has 31 heavy (non-hydrogen) atoms. The summed E-state index contributed by atoms with van der Waals surface area (Å²) in [4.78, 5) is 35.4. The Kier molecular flexibility index (Phi) is 7.56. The van der Waals surface area contributed by atoms with Crippen LogP contribution in [0, 0.1) is 10.1 Å². The first-order valence-corrected chi connectivity index (χ1v) is 9.18. The predicted molar refractivity (Wildman–Crippen MR) is 108 cm³/mol. The molecular weight excluding hydrogens is 417 g/mol. The smallest absolute Gasteiger partial charge is 0.379 e. The number of hydrogen-bond donors (Lipinski definition) is 2. The highest BCUT2D eigenvalue weighted by molar-refractivity contribution is 5.92. The highest BCUT2D eigenvalue weighted by Gasteiger charge is 2.33. The van der Waals surface area contributed by atoms with Gasteiger partial charge in [-0.3, -0.25) is 19.7 Å². The van der Waals surface area contributed by atoms with Crippen LogP contribution in [0.25, 0.3) is 0 Å². The van der Waals surface area contributed by atoms with E-state index in [-0.39, 0.29) is 24.6 Å². The minimum atomic E-state index is -4.70. The van der Waals surface area contributed by atoms with Gasteiger partial charge in [0.05, 0.1) is 10.5 Å². The number of halogens is 3. The lowest BCUT2D eigenvalue weighted by atomic mass is 10.1. The summed E-state index contributed by atoms with van der Waals surface area (Å²) in [5.74, 6) is -0.538. The summed E-state index contributed by atoms with van der Waals surface area (Å²) < 4.78 is 38.3. The molecule has 0 unspecified atom stereocenters. The van der Waals surface area contributed by atoms with Gasteiger partial charge in [0.25, 0.3) is 5.69 Å². The van der Waals surface area contributed by atoms with E-state index in [2.05, 4.69) is 10.6 Å². The van der Waals surface area contributed by atoms with Crippen LogP contribution in [0.2, 0.25) is 0 Å². The molecule has 0 saturated heterocycles. The van der Waals surface area contributed by atoms with E-state index in [4.69, 9.17) is 0 Å². The van der Waals surface area contributed by atoms with Crippen LogP contribution in [0.4, 0.5) is 30.2 Å². The Morgan fingerprint density at radius 2 is 1.81 bits per heavy atom. The fourth-order valence-corrected chi connectivity index (χ4v) is 2.68. The minimum absolute atomic E-state index is 0.0342. The number of para-hydroxylation sites is 1. The molecule has 0 aliphatic rings. The van der Waals surface area contributed by atoms with Crippen LogP contribution in [0.1, 0.15) is 24.5 Å². The number of anilines is 2. The molecule has 11 heteroatoms. The molecule has 0 bridgehead atoms. The summed E-state index contributed by atoms with van der Waals surface area (Å²) in [6.07, 6.45) is -4.79. The number of carbonyl (C=O) groups excluding carboxylic acids is 2. The number of amides is 2. The Labute approximate surface area is 176 Å². The van der Waals surface area contributed by atoms with Crippen LogP contribution >= 0.6 is 0 Å². The number of alkyl halides is 3. The maximum absolute atomic E-state index is 12.8. The van der Waals surface area contributed by atoms with Crippen LogP contribution in [-0.4, -0.2) is 35.2 Å². The van der Waals surface area contributed by atoms with Crippen LogP contribution in [0.5, 0.6) is 0 Å². The van der Waals surface area contributed by atoms with Crippen molar-refractivity contribution in [2.45, 2.75) is 26.1 Å². The first-order chi connectivity index (χ1) is 14.5. The number of nitrogens with one attached hydrogen (secondary N) is 2. The fraction of sp³-hybridized carbons (Fsp3) is 0.300. The molecule has 2 aromatic rings. The number of rotatable bonds is 8. The van der Waals surface area contributed by atoms with Crippen LogP contribution in [-0.2, 0) is 22.3 Å². The number of nitro benzene ring substituents is 1. The van der Waals surface area contributed by atoms with Crippen LogP contribution < -0.4 is 10.6 Å². The molecule has 0 spiro atoms. The van der Waals surface area contributed by atoms with E-state index in [1.165, 1.54) is 11.8 Å². The molecule has 0 fully saturated rings. The SMILES string of the molecule is CC(=O)N(C)Cc1ccccc1NC(=O)CCNc1ccc(C(F)(F)F)cc1[N+](=O)[O-]. The summed E-state index contributed by atoms with van der Waals surface area (Å²) >= 11 is 0. The molecule has 8 nitrogen and oxygen atoms in total. The van der Waals surface area contributed by atoms with Gasteiger partial charge in [0, 0.05) is 45.2 Å². The van der Waals surface area contributed by atoms with E-state index < -0.39 is 28.3 Å². The number of carbonyl (C=O) groups is 2. The predicted octanol–water partition coefficient (Wildman–Crippen LogP) is 4.03. The molecule has 0 atom stereocenters. The Hall–Kier alpha value is -3.63. The first kappa shape index (κ1) is 23.6. The van der Waals surface area contributed by atoms with Gasteiger partial charge < -0.3 is 15.5 Å². The average Bonchev–Trinajstić information content (AvgIpc) is 2.68. The number of nitro groups is 1. The molecular formula is C20H21F3N4O4. The average molecular weight is 438 g/mol. The van der Waals surface area contributed by atoms with Crippen molar-refractivity contribution >= 4 is 28.9 Å². The fourth-order valence-electron chi connectivity index (χ4n) is 2.68. The highest BCUT2D eigenvalue weighted by Crippen LogP contribution is 2.34. The number of hydrogen-bond acceptors (Lipinski definition) is 5. The summed E-state index contributed by atoms with van der Waals surface area (Å²) in [5.41, 5.74) is -0.738. The lowest BCUT2D eigenvalue weighted by Gasteiger charge is -2.18. The Bertz CT molecular complexity index is 979. The molecule has 0 aliphatic heterocycles. The summed E-state index contributed by atoms with van der Waals surface area (Å²) in [6, 6.07) is 9.07. The van der Waals surface area contributed by atoms with Crippen molar-refractivity contribution in [3.8, 4) is 0 Å². The van der Waals surface area contributed by atoms with Crippen molar-refractivity contribution in [1.82, 2.24) is 4.90 Å². The van der Waals surface area contributed by atoms with Gasteiger partial charge >= 0.3 is 6.18 Å². The molecule has 2 rings (SSSR count). The highest BCUT2D eigenvalue weighted by atomic mass is 19.4. The standard InChI is InChI=1S/C20H21F3N4O4/c1-13(28)26(2)12-14-5-3-4-6-16(14)25-19(29)9-10-24-17-8-7-15(20(21,22)23)11-18(17)27(30)31/h3-8,11,24H,9-10,12H2,1-2H3,(H,25,29). The van der Waals surface area contributed by atoms with E-state index in [1.54, 1.807) is 31.3 Å². The van der Waals surface area contributed by atoms with Gasteiger partial charge in [-0.05, 0) is 23.8 Å². The molecule has 166 valence electrons. The van der Waals surface area contributed by atoms with Gasteiger partial charge in [0.2, 0.25) is 11.8 Å². The lowest BCUT2D eigenvalue weighted by molar-refractivity contribution is -0.384. The van der Waals surface area contributed by atoms with E-state index in [0.29, 0.717) is 18.3 Å². The Morgan fingerprint density at radius 1 is 1.13 bits per heavy atom. The third kappa shape index (κ3) is 6.69. The third-order valence-electron chi connectivity index (χ3n) is 4.43. The van der Waals surface area contributed by atoms with Crippen molar-refractivity contribution in [3.05, 3.63) is 63.7 Å². The second-order valence-corrected chi connectivity index (χ2v) is 6.74. The molecule has 2 amide bonds. The van der Waals surface area contributed by atoms with E-state index in [1.807, 2.05) is 0 Å². The van der Waals surface area contributed by atoms with Gasteiger partial charge in [0.1, 0.15) is 5.69 Å². The maximum Gasteiger partial charge on any atom is 0.416 e. The van der Waals surface area contributed by atoms with E-state index >= 15 is 0 Å². The van der Waals surface area contributed by atoms with Crippen molar-refractivity contribution in [2.24, 2.45) is 0 Å². The molecule has 0 aliphatic carbocycles. The van der Waals surface area contributed by atoms with Gasteiger partial charge in [-0.25, -0.2) is 0 Å². The molecule has 0 saturated carbocycles. The van der Waals surface area contributed by atoms with Gasteiger partial charge in [-0.15, -0.1) is 0 Å². The first-order valence-electron chi connectivity index (χ1n) is 9.18. The number of nitrogens with zero attached hydrogens (tertiary/aromatic N) is 2. The topological polar surface area (TPSA) is 105 Å². The summed E-state index contributed by atoms with van der Waals surface area (Å²) in [6.45, 7) is 1.68. The van der Waals surface area contributed by atoms with Crippen molar-refractivity contribution in [2.75, 3.05) is 24.2 Å². The van der Waals surface area contributed by atoms with Crippen molar-refractivity contribution in [3.63, 3.8) is 0 Å². The minimum Gasteiger partial charge on any atom is -0.379 e. The second kappa shape index (κ2) is 9.92. The maximum atomic E-state index is 12.8. The zero-order chi connectivity index (χ0) is 23.2. The zero-order valence-corrected chi connectivity index (χ0v) is 16.8. The molecule has 0 heterocycles. The normalized spacial score (nSPS) is 11.0. The van der Waals surface area contributed by atoms with Crippen LogP contribution in [0.15, 0.2) is 42.5 Å². The third-order valence-corrected chi connectivity index (χ3v) is 4.43. The molecule has 2 N–H and O–H groups in total. The summed E-state index contributed by atoms with van der Waals surface area (Å²) in [5, 5.41) is 16.4. The van der Waals surface area contributed by atoms with Gasteiger partial charge in [0.15, 0.2) is 0 Å². The van der Waals surface area contributed by atoms with Crippen LogP contribution in [0.3, 0.4) is 0 Å². The van der Waals surface area contributed by atoms with E-state index in [9.17, 15) is 32.9 Å². The number of benzene rings is 2. The quantitative estimate of drug-likeness (QED) is 0.478. The van der Waals surface area contributed by atoms with Crippen molar-refractivity contribution < 1.29 is 27.7 Å².